The molecule has 3 heteroatoms. The number of benzene rings is 2. The van der Waals surface area contributed by atoms with Crippen molar-refractivity contribution in [3.05, 3.63) is 71.8 Å². The molecule has 110 valence electrons. The molecule has 21 heavy (non-hydrogen) atoms. The Morgan fingerprint density at radius 1 is 0.952 bits per heavy atom. The molecule has 1 atom stereocenters. The van der Waals surface area contributed by atoms with Gasteiger partial charge in [-0.05, 0) is 32.9 Å². The molecule has 1 amide bonds. The van der Waals surface area contributed by atoms with Crippen LogP contribution in [0.5, 0.6) is 0 Å². The van der Waals surface area contributed by atoms with Crippen molar-refractivity contribution in [3.8, 4) is 0 Å². The van der Waals surface area contributed by atoms with Crippen LogP contribution in [-0.2, 0) is 4.74 Å². The lowest BCUT2D eigenvalue weighted by Crippen LogP contribution is -2.35. The van der Waals surface area contributed by atoms with Gasteiger partial charge in [-0.15, -0.1) is 0 Å². The topological polar surface area (TPSA) is 38.3 Å². The van der Waals surface area contributed by atoms with Gasteiger partial charge in [0.15, 0.2) is 6.23 Å². The highest BCUT2D eigenvalue weighted by Crippen LogP contribution is 2.22. The lowest BCUT2D eigenvalue weighted by molar-refractivity contribution is -0.0725. The number of ether oxygens (including phenoxy) is 1. The van der Waals surface area contributed by atoms with Crippen LogP contribution in [0.25, 0.3) is 0 Å². The Kier molecular flexibility index (Phi) is 4.76. The van der Waals surface area contributed by atoms with Crippen molar-refractivity contribution in [3.63, 3.8) is 0 Å². The van der Waals surface area contributed by atoms with Gasteiger partial charge < -0.3 is 10.1 Å². The summed E-state index contributed by atoms with van der Waals surface area (Å²) < 4.78 is 5.98. The fourth-order valence-corrected chi connectivity index (χ4v) is 1.95. The Morgan fingerprint density at radius 2 is 1.48 bits per heavy atom. The minimum atomic E-state index is -0.473. The average molecular weight is 283 g/mol. The van der Waals surface area contributed by atoms with E-state index in [1.54, 1.807) is 12.1 Å². The third-order valence-corrected chi connectivity index (χ3v) is 2.87. The van der Waals surface area contributed by atoms with Crippen molar-refractivity contribution in [2.75, 3.05) is 0 Å². The maximum absolute atomic E-state index is 12.3. The van der Waals surface area contributed by atoms with Gasteiger partial charge in [-0.2, -0.15) is 0 Å². The van der Waals surface area contributed by atoms with Gasteiger partial charge in [0.1, 0.15) is 0 Å². The summed E-state index contributed by atoms with van der Waals surface area (Å²) in [5, 5.41) is 2.94. The van der Waals surface area contributed by atoms with Gasteiger partial charge in [-0.25, -0.2) is 0 Å². The van der Waals surface area contributed by atoms with Crippen LogP contribution in [0.3, 0.4) is 0 Å². The molecule has 0 bridgehead atoms. The van der Waals surface area contributed by atoms with Gasteiger partial charge in [-0.3, -0.25) is 4.79 Å². The number of rotatable bonds is 4. The highest BCUT2D eigenvalue weighted by atomic mass is 16.5. The highest BCUT2D eigenvalue weighted by molar-refractivity contribution is 5.94. The number of nitrogens with one attached hydrogen (secondary N) is 1. The molecule has 3 nitrogen and oxygen atoms in total. The summed E-state index contributed by atoms with van der Waals surface area (Å²) in [5.41, 5.74) is 1.19. The molecule has 2 rings (SSSR count). The Bertz CT molecular complexity index is 573. The molecule has 0 spiro atoms. The van der Waals surface area contributed by atoms with Crippen molar-refractivity contribution in [2.24, 2.45) is 0 Å². The van der Waals surface area contributed by atoms with Crippen molar-refractivity contribution in [2.45, 2.75) is 32.6 Å². The maximum atomic E-state index is 12.3. The summed E-state index contributed by atoms with van der Waals surface area (Å²) in [6, 6.07) is 18.8. The van der Waals surface area contributed by atoms with E-state index in [2.05, 4.69) is 5.32 Å². The number of hydrogen-bond donors (Lipinski definition) is 1. The lowest BCUT2D eigenvalue weighted by Gasteiger charge is -2.28. The Morgan fingerprint density at radius 3 is 2.00 bits per heavy atom. The fourth-order valence-electron chi connectivity index (χ4n) is 1.95. The van der Waals surface area contributed by atoms with E-state index >= 15 is 0 Å². The first-order chi connectivity index (χ1) is 9.96. The van der Waals surface area contributed by atoms with Crippen LogP contribution in [0.4, 0.5) is 0 Å². The van der Waals surface area contributed by atoms with Gasteiger partial charge in [0.05, 0.1) is 5.60 Å². The average Bonchev–Trinajstić information content (AvgIpc) is 2.47. The van der Waals surface area contributed by atoms with Crippen molar-refractivity contribution in [1.82, 2.24) is 5.32 Å². The smallest absolute Gasteiger partial charge is 0.253 e. The number of carbonyl (C=O) groups excluding carboxylic acids is 1. The van der Waals surface area contributed by atoms with Gasteiger partial charge in [0, 0.05) is 11.1 Å². The van der Waals surface area contributed by atoms with E-state index in [4.69, 9.17) is 4.74 Å². The summed E-state index contributed by atoms with van der Waals surface area (Å²) in [4.78, 5) is 12.3. The van der Waals surface area contributed by atoms with Crippen LogP contribution in [0.1, 0.15) is 42.9 Å². The summed E-state index contributed by atoms with van der Waals surface area (Å²) in [6.07, 6.45) is -0.473. The first kappa shape index (κ1) is 15.3. The van der Waals surface area contributed by atoms with E-state index in [1.165, 1.54) is 0 Å². The third-order valence-electron chi connectivity index (χ3n) is 2.87. The Labute approximate surface area is 126 Å². The molecule has 0 fully saturated rings. The molecule has 1 N–H and O–H groups in total. The molecular weight excluding hydrogens is 262 g/mol. The van der Waals surface area contributed by atoms with Gasteiger partial charge in [-0.1, -0.05) is 48.5 Å². The van der Waals surface area contributed by atoms with Crippen LogP contribution in [0.2, 0.25) is 0 Å². The summed E-state index contributed by atoms with van der Waals surface area (Å²) in [6.45, 7) is 5.91. The fraction of sp³-hybridized carbons (Fsp3) is 0.278. The van der Waals surface area contributed by atoms with Crippen LogP contribution >= 0.6 is 0 Å². The minimum Gasteiger partial charge on any atom is -0.349 e. The predicted octanol–water partition coefficient (Wildman–Crippen LogP) is 3.93. The first-order valence-corrected chi connectivity index (χ1v) is 7.04. The maximum Gasteiger partial charge on any atom is 0.253 e. The largest absolute Gasteiger partial charge is 0.349 e. The highest BCUT2D eigenvalue weighted by Gasteiger charge is 2.22. The summed E-state index contributed by atoms with van der Waals surface area (Å²) in [7, 11) is 0. The number of amides is 1. The van der Waals surface area contributed by atoms with Crippen LogP contribution < -0.4 is 5.32 Å². The predicted molar refractivity (Wildman–Crippen MR) is 83.9 cm³/mol. The summed E-state index contributed by atoms with van der Waals surface area (Å²) in [5.74, 6) is -0.145. The second-order valence-corrected chi connectivity index (χ2v) is 5.86. The molecule has 0 aliphatic rings. The molecule has 2 aromatic rings. The van der Waals surface area contributed by atoms with E-state index in [0.717, 1.165) is 5.56 Å². The summed E-state index contributed by atoms with van der Waals surface area (Å²) >= 11 is 0. The number of carbonyl (C=O) groups is 1. The molecule has 0 unspecified atom stereocenters. The quantitative estimate of drug-likeness (QED) is 0.863. The normalized spacial score (nSPS) is 12.7. The molecule has 2 aromatic carbocycles. The molecule has 0 aromatic heterocycles. The van der Waals surface area contributed by atoms with E-state index < -0.39 is 6.23 Å². The van der Waals surface area contributed by atoms with E-state index in [0.29, 0.717) is 5.56 Å². The zero-order chi connectivity index (χ0) is 15.3. The van der Waals surface area contributed by atoms with E-state index in [9.17, 15) is 4.79 Å². The van der Waals surface area contributed by atoms with Gasteiger partial charge in [0.2, 0.25) is 0 Å². The van der Waals surface area contributed by atoms with Crippen LogP contribution in [-0.4, -0.2) is 11.5 Å². The van der Waals surface area contributed by atoms with Crippen LogP contribution in [0, 0.1) is 0 Å². The molecule has 0 heterocycles. The molecule has 0 saturated heterocycles. The number of hydrogen-bond acceptors (Lipinski definition) is 2. The second kappa shape index (κ2) is 6.55. The van der Waals surface area contributed by atoms with Crippen LogP contribution in [0.15, 0.2) is 60.7 Å². The third kappa shape index (κ3) is 4.72. The van der Waals surface area contributed by atoms with E-state index in [1.807, 2.05) is 69.3 Å². The molecule has 0 aliphatic carbocycles. The molecule has 0 aliphatic heterocycles. The Hall–Kier alpha value is -2.13. The van der Waals surface area contributed by atoms with Gasteiger partial charge in [0.25, 0.3) is 5.91 Å². The SMILES string of the molecule is CC(C)(C)O[C@@H](NC(=O)c1ccccc1)c1ccccc1. The first-order valence-electron chi connectivity index (χ1n) is 7.04. The van der Waals surface area contributed by atoms with Crippen molar-refractivity contribution in [1.29, 1.82) is 0 Å². The zero-order valence-electron chi connectivity index (χ0n) is 12.7. The molecule has 0 radical (unpaired) electrons. The lowest BCUT2D eigenvalue weighted by atomic mass is 10.1. The standard InChI is InChI=1S/C18H21NO2/c1-18(2,3)21-17(15-12-8-5-9-13-15)19-16(20)14-10-6-4-7-11-14/h4-13,17H,1-3H3,(H,19,20)/t17-/m1/s1. The molecular formula is C18H21NO2. The zero-order valence-corrected chi connectivity index (χ0v) is 12.7. The van der Waals surface area contributed by atoms with E-state index in [-0.39, 0.29) is 11.5 Å². The van der Waals surface area contributed by atoms with Crippen molar-refractivity contribution >= 4 is 5.91 Å². The van der Waals surface area contributed by atoms with Gasteiger partial charge >= 0.3 is 0 Å². The monoisotopic (exact) mass is 283 g/mol. The Balaban J connectivity index is 2.19. The molecule has 0 saturated carbocycles. The minimum absolute atomic E-state index is 0.145. The second-order valence-electron chi connectivity index (χ2n) is 5.86. The van der Waals surface area contributed by atoms with Crippen molar-refractivity contribution < 1.29 is 9.53 Å².